The average molecular weight is 268 g/mol. The summed E-state index contributed by atoms with van der Waals surface area (Å²) in [6.45, 7) is 5.78. The first-order valence-electron chi connectivity index (χ1n) is 7.67. The molecule has 0 amide bonds. The molecule has 0 radical (unpaired) electrons. The van der Waals surface area contributed by atoms with Crippen molar-refractivity contribution in [3.8, 4) is 0 Å². The lowest BCUT2D eigenvalue weighted by Gasteiger charge is -2.39. The summed E-state index contributed by atoms with van der Waals surface area (Å²) in [6, 6.07) is 14.3. The number of nitrogen functional groups attached to an aromatic ring is 1. The zero-order valence-corrected chi connectivity index (χ0v) is 12.5. The fourth-order valence-corrected chi connectivity index (χ4v) is 3.41. The summed E-state index contributed by atoms with van der Waals surface area (Å²) < 4.78 is 0. The molecule has 2 aromatic carbocycles. The molecule has 2 N–H and O–H groups in total. The molecule has 106 valence electrons. The third kappa shape index (κ3) is 2.66. The van der Waals surface area contributed by atoms with Crippen molar-refractivity contribution in [3.05, 3.63) is 42.0 Å². The predicted molar refractivity (Wildman–Crippen MR) is 86.7 cm³/mol. The summed E-state index contributed by atoms with van der Waals surface area (Å²) in [5.41, 5.74) is 8.08. The molecule has 2 aromatic rings. The average Bonchev–Trinajstić information content (AvgIpc) is 2.43. The van der Waals surface area contributed by atoms with Crippen LogP contribution in [-0.4, -0.2) is 17.0 Å². The van der Waals surface area contributed by atoms with Crippen LogP contribution in [0.15, 0.2) is 36.4 Å². The van der Waals surface area contributed by atoms with Crippen LogP contribution in [-0.2, 0) is 6.54 Å². The molecule has 1 heterocycles. The minimum atomic E-state index is 0.695. The van der Waals surface area contributed by atoms with Gasteiger partial charge in [0.1, 0.15) is 0 Å². The number of hydrogen-bond acceptors (Lipinski definition) is 2. The third-order valence-electron chi connectivity index (χ3n) is 4.67. The lowest BCUT2D eigenvalue weighted by Crippen LogP contribution is -2.42. The van der Waals surface area contributed by atoms with Crippen molar-refractivity contribution in [2.24, 2.45) is 0 Å². The highest BCUT2D eigenvalue weighted by atomic mass is 15.2. The molecule has 2 atom stereocenters. The molecule has 0 saturated carbocycles. The Morgan fingerprint density at radius 2 is 1.65 bits per heavy atom. The van der Waals surface area contributed by atoms with E-state index in [4.69, 9.17) is 5.73 Å². The fourth-order valence-electron chi connectivity index (χ4n) is 3.41. The lowest BCUT2D eigenvalue weighted by molar-refractivity contribution is 0.0953. The number of nitrogens with zero attached hydrogens (tertiary/aromatic N) is 1. The Labute approximate surface area is 121 Å². The molecule has 2 nitrogen and oxygen atoms in total. The second kappa shape index (κ2) is 5.45. The molecule has 0 spiro atoms. The van der Waals surface area contributed by atoms with Gasteiger partial charge in [0.2, 0.25) is 0 Å². The number of fused-ring (bicyclic) bond motifs is 1. The molecule has 2 heteroatoms. The summed E-state index contributed by atoms with van der Waals surface area (Å²) in [7, 11) is 0. The second-order valence-electron chi connectivity index (χ2n) is 6.24. The largest absolute Gasteiger partial charge is 0.399 e. The van der Waals surface area contributed by atoms with Gasteiger partial charge in [0.05, 0.1) is 0 Å². The van der Waals surface area contributed by atoms with Gasteiger partial charge in [-0.1, -0.05) is 24.6 Å². The number of hydrogen-bond donors (Lipinski definition) is 1. The van der Waals surface area contributed by atoms with E-state index < -0.39 is 0 Å². The maximum Gasteiger partial charge on any atom is 0.0320 e. The SMILES string of the molecule is C[C@@H]1CCC[C@H](C)N1Cc1ccc2cc(N)ccc2c1. The summed E-state index contributed by atoms with van der Waals surface area (Å²) in [4.78, 5) is 2.64. The Morgan fingerprint density at radius 1 is 1.00 bits per heavy atom. The van der Waals surface area contributed by atoms with Crippen LogP contribution in [0.1, 0.15) is 38.7 Å². The van der Waals surface area contributed by atoms with E-state index in [0.717, 1.165) is 12.2 Å². The Morgan fingerprint density at radius 3 is 2.40 bits per heavy atom. The molecule has 0 bridgehead atoms. The smallest absolute Gasteiger partial charge is 0.0320 e. The van der Waals surface area contributed by atoms with Crippen LogP contribution in [0.5, 0.6) is 0 Å². The van der Waals surface area contributed by atoms with Crippen molar-refractivity contribution in [2.45, 2.75) is 51.7 Å². The molecule has 0 aromatic heterocycles. The maximum atomic E-state index is 5.84. The molecule has 1 fully saturated rings. The number of likely N-dealkylation sites (tertiary alicyclic amines) is 1. The zero-order chi connectivity index (χ0) is 14.1. The monoisotopic (exact) mass is 268 g/mol. The topological polar surface area (TPSA) is 29.3 Å². The number of nitrogens with two attached hydrogens (primary N) is 1. The fraction of sp³-hybridized carbons (Fsp3) is 0.444. The van der Waals surface area contributed by atoms with E-state index in [2.05, 4.69) is 43.0 Å². The summed E-state index contributed by atoms with van der Waals surface area (Å²) in [5.74, 6) is 0. The van der Waals surface area contributed by atoms with E-state index in [1.807, 2.05) is 12.1 Å². The number of rotatable bonds is 2. The first-order valence-corrected chi connectivity index (χ1v) is 7.67. The van der Waals surface area contributed by atoms with Crippen molar-refractivity contribution in [1.29, 1.82) is 0 Å². The van der Waals surface area contributed by atoms with Crippen molar-refractivity contribution < 1.29 is 0 Å². The number of benzene rings is 2. The van der Waals surface area contributed by atoms with Crippen LogP contribution in [0.2, 0.25) is 0 Å². The van der Waals surface area contributed by atoms with E-state index in [1.165, 1.54) is 35.6 Å². The van der Waals surface area contributed by atoms with Gasteiger partial charge in [-0.2, -0.15) is 0 Å². The Hall–Kier alpha value is -1.54. The summed E-state index contributed by atoms with van der Waals surface area (Å²) in [6.07, 6.45) is 4.03. The Bertz CT molecular complexity index is 595. The van der Waals surface area contributed by atoms with E-state index in [0.29, 0.717) is 12.1 Å². The first kappa shape index (κ1) is 13.4. The quantitative estimate of drug-likeness (QED) is 0.828. The summed E-state index contributed by atoms with van der Waals surface area (Å²) >= 11 is 0. The van der Waals surface area contributed by atoms with Gasteiger partial charge in [0.25, 0.3) is 0 Å². The molecule has 1 saturated heterocycles. The van der Waals surface area contributed by atoms with E-state index in [1.54, 1.807) is 0 Å². The van der Waals surface area contributed by atoms with Crippen LogP contribution in [0.3, 0.4) is 0 Å². The molecule has 1 aliphatic rings. The molecule has 3 rings (SSSR count). The van der Waals surface area contributed by atoms with Gasteiger partial charge >= 0.3 is 0 Å². The van der Waals surface area contributed by atoms with Gasteiger partial charge in [-0.05, 0) is 61.2 Å². The molecular formula is C18H24N2. The maximum absolute atomic E-state index is 5.84. The molecule has 0 unspecified atom stereocenters. The van der Waals surface area contributed by atoms with Crippen molar-refractivity contribution in [3.63, 3.8) is 0 Å². The normalized spacial score (nSPS) is 24.1. The van der Waals surface area contributed by atoms with E-state index in [9.17, 15) is 0 Å². The molecule has 0 aliphatic carbocycles. The molecular weight excluding hydrogens is 244 g/mol. The zero-order valence-electron chi connectivity index (χ0n) is 12.5. The van der Waals surface area contributed by atoms with Crippen LogP contribution < -0.4 is 5.73 Å². The van der Waals surface area contributed by atoms with Gasteiger partial charge in [0, 0.05) is 24.3 Å². The molecule has 1 aliphatic heterocycles. The standard InChI is InChI=1S/C18H24N2/c1-13-4-3-5-14(2)20(13)12-15-6-7-17-11-18(19)9-8-16(17)10-15/h6-11,13-14H,3-5,12,19H2,1-2H3/t13-,14+. The highest BCUT2D eigenvalue weighted by Gasteiger charge is 2.24. The van der Waals surface area contributed by atoms with Crippen molar-refractivity contribution in [1.82, 2.24) is 4.90 Å². The summed E-state index contributed by atoms with van der Waals surface area (Å²) in [5, 5.41) is 2.52. The molecule has 20 heavy (non-hydrogen) atoms. The Kier molecular flexibility index (Phi) is 3.66. The van der Waals surface area contributed by atoms with Crippen LogP contribution >= 0.6 is 0 Å². The predicted octanol–water partition coefficient (Wildman–Crippen LogP) is 4.18. The Balaban J connectivity index is 1.85. The third-order valence-corrected chi connectivity index (χ3v) is 4.67. The van der Waals surface area contributed by atoms with Crippen molar-refractivity contribution in [2.75, 3.05) is 5.73 Å². The van der Waals surface area contributed by atoms with Gasteiger partial charge in [0.15, 0.2) is 0 Å². The minimum Gasteiger partial charge on any atom is -0.399 e. The number of piperidine rings is 1. The highest BCUT2D eigenvalue weighted by molar-refractivity contribution is 5.85. The second-order valence-corrected chi connectivity index (χ2v) is 6.24. The van der Waals surface area contributed by atoms with Crippen LogP contribution in [0, 0.1) is 0 Å². The number of anilines is 1. The van der Waals surface area contributed by atoms with Crippen LogP contribution in [0.4, 0.5) is 5.69 Å². The van der Waals surface area contributed by atoms with E-state index >= 15 is 0 Å². The highest BCUT2D eigenvalue weighted by Crippen LogP contribution is 2.26. The van der Waals surface area contributed by atoms with Gasteiger partial charge < -0.3 is 5.73 Å². The van der Waals surface area contributed by atoms with E-state index in [-0.39, 0.29) is 0 Å². The first-order chi connectivity index (χ1) is 9.63. The minimum absolute atomic E-state index is 0.695. The lowest BCUT2D eigenvalue weighted by atomic mass is 9.96. The van der Waals surface area contributed by atoms with Gasteiger partial charge in [-0.25, -0.2) is 0 Å². The van der Waals surface area contributed by atoms with Gasteiger partial charge in [-0.3, -0.25) is 4.90 Å². The van der Waals surface area contributed by atoms with Crippen molar-refractivity contribution >= 4 is 16.5 Å². The van der Waals surface area contributed by atoms with Crippen LogP contribution in [0.25, 0.3) is 10.8 Å². The van der Waals surface area contributed by atoms with Gasteiger partial charge in [-0.15, -0.1) is 0 Å².